The molecule has 0 saturated heterocycles. The molecule has 0 atom stereocenters. The molecule has 1 aromatic heterocycles. The monoisotopic (exact) mass is 352 g/mol. The molecule has 0 bridgehead atoms. The standard InChI is InChI=1S/C16H14Cl2N2O3/c17-12-4-3-10(8-13(12)18)20-15(22)16(5-6-16)14(21)19-9-11-2-1-7-23-11/h1-4,7-8H,5-6,9H2,(H,19,21)(H,20,22). The van der Waals surface area contributed by atoms with Gasteiger partial charge in [-0.25, -0.2) is 0 Å². The van der Waals surface area contributed by atoms with Gasteiger partial charge in [0, 0.05) is 5.69 Å². The summed E-state index contributed by atoms with van der Waals surface area (Å²) in [5.41, 5.74) is -0.506. The SMILES string of the molecule is O=C(NCc1ccco1)C1(C(=O)Nc2ccc(Cl)c(Cl)c2)CC1. The molecule has 2 N–H and O–H groups in total. The molecule has 1 aromatic carbocycles. The lowest BCUT2D eigenvalue weighted by Gasteiger charge is -2.15. The van der Waals surface area contributed by atoms with Gasteiger partial charge in [0.15, 0.2) is 0 Å². The second-order valence-corrected chi connectivity index (χ2v) is 6.24. The molecule has 0 spiro atoms. The van der Waals surface area contributed by atoms with Crippen molar-refractivity contribution in [3.8, 4) is 0 Å². The Labute approximate surface area is 142 Å². The first-order valence-electron chi connectivity index (χ1n) is 7.08. The molecular weight excluding hydrogens is 339 g/mol. The van der Waals surface area contributed by atoms with Gasteiger partial charge in [-0.05, 0) is 43.2 Å². The Morgan fingerprint density at radius 2 is 1.91 bits per heavy atom. The number of anilines is 1. The highest BCUT2D eigenvalue weighted by Crippen LogP contribution is 2.47. The number of benzene rings is 1. The Kier molecular flexibility index (Phi) is 4.33. The molecule has 23 heavy (non-hydrogen) atoms. The first kappa shape index (κ1) is 15.9. The number of hydrogen-bond donors (Lipinski definition) is 2. The lowest BCUT2D eigenvalue weighted by molar-refractivity contribution is -0.134. The van der Waals surface area contributed by atoms with Crippen LogP contribution in [0.4, 0.5) is 5.69 Å². The summed E-state index contributed by atoms with van der Waals surface area (Å²) in [4.78, 5) is 24.7. The second-order valence-electron chi connectivity index (χ2n) is 5.43. The molecule has 0 radical (unpaired) electrons. The number of hydrogen-bond acceptors (Lipinski definition) is 3. The molecule has 7 heteroatoms. The smallest absolute Gasteiger partial charge is 0.240 e. The fourth-order valence-corrected chi connectivity index (χ4v) is 2.55. The topological polar surface area (TPSA) is 71.3 Å². The fourth-order valence-electron chi connectivity index (χ4n) is 2.26. The van der Waals surface area contributed by atoms with Crippen LogP contribution in [-0.4, -0.2) is 11.8 Å². The highest BCUT2D eigenvalue weighted by molar-refractivity contribution is 6.42. The van der Waals surface area contributed by atoms with Gasteiger partial charge in [-0.2, -0.15) is 0 Å². The summed E-state index contributed by atoms with van der Waals surface area (Å²) in [6.45, 7) is 0.258. The van der Waals surface area contributed by atoms with Crippen molar-refractivity contribution in [2.45, 2.75) is 19.4 Å². The number of carbonyl (C=O) groups is 2. The van der Waals surface area contributed by atoms with E-state index in [1.807, 2.05) is 0 Å². The van der Waals surface area contributed by atoms with E-state index in [9.17, 15) is 9.59 Å². The first-order valence-corrected chi connectivity index (χ1v) is 7.84. The summed E-state index contributed by atoms with van der Waals surface area (Å²) in [7, 11) is 0. The second kappa shape index (κ2) is 6.26. The zero-order valence-electron chi connectivity index (χ0n) is 12.1. The lowest BCUT2D eigenvalue weighted by atomic mass is 10.0. The van der Waals surface area contributed by atoms with Gasteiger partial charge in [0.1, 0.15) is 11.2 Å². The number of furan rings is 1. The zero-order valence-corrected chi connectivity index (χ0v) is 13.6. The largest absolute Gasteiger partial charge is 0.467 e. The Morgan fingerprint density at radius 1 is 1.13 bits per heavy atom. The molecule has 1 heterocycles. The van der Waals surface area contributed by atoms with Gasteiger partial charge in [-0.1, -0.05) is 23.2 Å². The quantitative estimate of drug-likeness (QED) is 0.807. The normalized spacial score (nSPS) is 15.0. The van der Waals surface area contributed by atoms with Gasteiger partial charge >= 0.3 is 0 Å². The number of carbonyl (C=O) groups excluding carboxylic acids is 2. The van der Waals surface area contributed by atoms with E-state index >= 15 is 0 Å². The summed E-state index contributed by atoms with van der Waals surface area (Å²) >= 11 is 11.8. The van der Waals surface area contributed by atoms with Crippen molar-refractivity contribution in [3.05, 3.63) is 52.4 Å². The minimum atomic E-state index is -1.02. The number of nitrogens with one attached hydrogen (secondary N) is 2. The van der Waals surface area contributed by atoms with Crippen molar-refractivity contribution >= 4 is 40.7 Å². The molecule has 120 valence electrons. The van der Waals surface area contributed by atoms with Crippen LogP contribution in [0.25, 0.3) is 0 Å². The van der Waals surface area contributed by atoms with Crippen molar-refractivity contribution in [1.29, 1.82) is 0 Å². The maximum absolute atomic E-state index is 12.4. The van der Waals surface area contributed by atoms with E-state index in [1.165, 1.54) is 6.26 Å². The fraction of sp³-hybridized carbons (Fsp3) is 0.250. The van der Waals surface area contributed by atoms with E-state index in [0.29, 0.717) is 34.3 Å². The van der Waals surface area contributed by atoms with E-state index in [1.54, 1.807) is 30.3 Å². The van der Waals surface area contributed by atoms with E-state index in [-0.39, 0.29) is 18.4 Å². The molecule has 1 saturated carbocycles. The predicted molar refractivity (Wildman–Crippen MR) is 87.3 cm³/mol. The Balaban J connectivity index is 1.63. The van der Waals surface area contributed by atoms with Gasteiger partial charge < -0.3 is 15.1 Å². The van der Waals surface area contributed by atoms with E-state index in [4.69, 9.17) is 27.6 Å². The van der Waals surface area contributed by atoms with Crippen LogP contribution in [0.3, 0.4) is 0 Å². The predicted octanol–water partition coefficient (Wildman–Crippen LogP) is 3.62. The Bertz CT molecular complexity index is 740. The molecular formula is C16H14Cl2N2O3. The van der Waals surface area contributed by atoms with Crippen molar-refractivity contribution in [2.24, 2.45) is 5.41 Å². The highest BCUT2D eigenvalue weighted by Gasteiger charge is 2.56. The molecule has 0 aliphatic heterocycles. The van der Waals surface area contributed by atoms with Crippen LogP contribution in [0.5, 0.6) is 0 Å². The van der Waals surface area contributed by atoms with Gasteiger partial charge in [-0.3, -0.25) is 9.59 Å². The third-order valence-corrected chi connectivity index (χ3v) is 4.54. The molecule has 1 aliphatic rings. The van der Waals surface area contributed by atoms with Crippen molar-refractivity contribution < 1.29 is 14.0 Å². The molecule has 2 aromatic rings. The number of rotatable bonds is 5. The summed E-state index contributed by atoms with van der Waals surface area (Å²) in [6.07, 6.45) is 2.57. The minimum absolute atomic E-state index is 0.258. The zero-order chi connectivity index (χ0) is 16.4. The number of halogens is 2. The third kappa shape index (κ3) is 3.35. The van der Waals surface area contributed by atoms with Crippen LogP contribution in [-0.2, 0) is 16.1 Å². The van der Waals surface area contributed by atoms with Gasteiger partial charge in [0.2, 0.25) is 11.8 Å². The minimum Gasteiger partial charge on any atom is -0.467 e. The average Bonchev–Trinajstić information content (AvgIpc) is 3.18. The first-order chi connectivity index (χ1) is 11.0. The van der Waals surface area contributed by atoms with Crippen LogP contribution in [0.1, 0.15) is 18.6 Å². The summed E-state index contributed by atoms with van der Waals surface area (Å²) in [5, 5.41) is 6.20. The van der Waals surface area contributed by atoms with Crippen LogP contribution in [0, 0.1) is 5.41 Å². The van der Waals surface area contributed by atoms with E-state index in [0.717, 1.165) is 0 Å². The third-order valence-electron chi connectivity index (χ3n) is 3.80. The van der Waals surface area contributed by atoms with Gasteiger partial charge in [0.25, 0.3) is 0 Å². The number of amides is 2. The average molecular weight is 353 g/mol. The maximum atomic E-state index is 12.4. The van der Waals surface area contributed by atoms with Crippen molar-refractivity contribution in [2.75, 3.05) is 5.32 Å². The molecule has 2 amide bonds. The van der Waals surface area contributed by atoms with Crippen molar-refractivity contribution in [1.82, 2.24) is 5.32 Å². The highest BCUT2D eigenvalue weighted by atomic mass is 35.5. The molecule has 1 aliphatic carbocycles. The van der Waals surface area contributed by atoms with Crippen molar-refractivity contribution in [3.63, 3.8) is 0 Å². The Morgan fingerprint density at radius 3 is 2.52 bits per heavy atom. The van der Waals surface area contributed by atoms with Crippen LogP contribution < -0.4 is 10.6 Å². The summed E-state index contributed by atoms with van der Waals surface area (Å²) in [6, 6.07) is 8.29. The molecule has 3 rings (SSSR count). The van der Waals surface area contributed by atoms with Crippen LogP contribution >= 0.6 is 23.2 Å². The molecule has 0 unspecified atom stereocenters. The van der Waals surface area contributed by atoms with Gasteiger partial charge in [0.05, 0.1) is 22.9 Å². The van der Waals surface area contributed by atoms with E-state index < -0.39 is 5.41 Å². The van der Waals surface area contributed by atoms with Crippen LogP contribution in [0.15, 0.2) is 41.0 Å². The van der Waals surface area contributed by atoms with Gasteiger partial charge in [-0.15, -0.1) is 0 Å². The lowest BCUT2D eigenvalue weighted by Crippen LogP contribution is -2.39. The molecule has 5 nitrogen and oxygen atoms in total. The molecule has 1 fully saturated rings. The van der Waals surface area contributed by atoms with E-state index in [2.05, 4.69) is 10.6 Å². The summed E-state index contributed by atoms with van der Waals surface area (Å²) in [5.74, 6) is -0.00154. The maximum Gasteiger partial charge on any atom is 0.240 e. The van der Waals surface area contributed by atoms with Crippen LogP contribution in [0.2, 0.25) is 10.0 Å². The summed E-state index contributed by atoms with van der Waals surface area (Å²) < 4.78 is 5.16. The Hall–Kier alpha value is -1.98.